The van der Waals surface area contributed by atoms with Crippen molar-refractivity contribution in [2.75, 3.05) is 6.61 Å². The number of ether oxygens (including phenoxy) is 1. The minimum Gasteiger partial charge on any atom is -0.464 e. The number of hydrogen-bond donors (Lipinski definition) is 1. The van der Waals surface area contributed by atoms with Crippen molar-refractivity contribution in [2.45, 2.75) is 44.9 Å². The molecule has 0 heterocycles. The van der Waals surface area contributed by atoms with Crippen LogP contribution in [0.4, 0.5) is 13.2 Å². The van der Waals surface area contributed by atoms with Crippen molar-refractivity contribution in [2.24, 2.45) is 0 Å². The van der Waals surface area contributed by atoms with Gasteiger partial charge in [0.25, 0.3) is 0 Å². The standard InChI is InChI=1S/C15H19F3O3/c1-4-14(20,13(19)21-5-2)10(3)11-6-8-12(9-7-11)15(16,17)18/h6-10,20H,4-5H2,1-3H3. The lowest BCUT2D eigenvalue weighted by Crippen LogP contribution is -2.44. The SMILES string of the molecule is CCOC(=O)C(O)(CC)C(C)c1ccc(C(F)(F)F)cc1. The van der Waals surface area contributed by atoms with Crippen molar-refractivity contribution in [1.29, 1.82) is 0 Å². The van der Waals surface area contributed by atoms with Crippen LogP contribution in [0.1, 0.15) is 44.2 Å². The van der Waals surface area contributed by atoms with E-state index >= 15 is 0 Å². The van der Waals surface area contributed by atoms with Gasteiger partial charge in [-0.15, -0.1) is 0 Å². The predicted molar refractivity (Wildman–Crippen MR) is 71.7 cm³/mol. The normalized spacial score (nSPS) is 16.1. The number of halogens is 3. The molecule has 1 rings (SSSR count). The molecule has 0 saturated carbocycles. The third-order valence-corrected chi connectivity index (χ3v) is 3.62. The summed E-state index contributed by atoms with van der Waals surface area (Å²) in [6, 6.07) is 4.42. The third kappa shape index (κ3) is 3.75. The second kappa shape index (κ2) is 6.47. The van der Waals surface area contributed by atoms with Crippen LogP contribution in [-0.4, -0.2) is 23.3 Å². The Balaban J connectivity index is 3.05. The lowest BCUT2D eigenvalue weighted by atomic mass is 9.81. The van der Waals surface area contributed by atoms with Crippen LogP contribution in [0.3, 0.4) is 0 Å². The zero-order valence-electron chi connectivity index (χ0n) is 12.2. The molecule has 0 radical (unpaired) electrons. The minimum absolute atomic E-state index is 0.105. The molecule has 0 spiro atoms. The average molecular weight is 304 g/mol. The first kappa shape index (κ1) is 17.5. The van der Waals surface area contributed by atoms with Crippen LogP contribution in [0.2, 0.25) is 0 Å². The lowest BCUT2D eigenvalue weighted by molar-refractivity contribution is -0.167. The van der Waals surface area contributed by atoms with Gasteiger partial charge < -0.3 is 9.84 Å². The summed E-state index contributed by atoms with van der Waals surface area (Å²) in [6.07, 6.45) is -4.31. The summed E-state index contributed by atoms with van der Waals surface area (Å²) in [4.78, 5) is 11.9. The van der Waals surface area contributed by atoms with Gasteiger partial charge in [-0.25, -0.2) is 4.79 Å². The van der Waals surface area contributed by atoms with Gasteiger partial charge in [0, 0.05) is 5.92 Å². The summed E-state index contributed by atoms with van der Waals surface area (Å²) in [6.45, 7) is 4.96. The summed E-state index contributed by atoms with van der Waals surface area (Å²) in [5.74, 6) is -1.44. The molecule has 0 amide bonds. The predicted octanol–water partition coefficient (Wildman–Crippen LogP) is 3.51. The molecule has 21 heavy (non-hydrogen) atoms. The quantitative estimate of drug-likeness (QED) is 0.847. The first-order chi connectivity index (χ1) is 9.66. The van der Waals surface area contributed by atoms with Gasteiger partial charge >= 0.3 is 12.1 Å². The maximum Gasteiger partial charge on any atom is 0.416 e. The number of hydrogen-bond acceptors (Lipinski definition) is 3. The highest BCUT2D eigenvalue weighted by molar-refractivity contribution is 5.80. The molecule has 0 aliphatic carbocycles. The number of esters is 1. The Bertz CT molecular complexity index is 482. The molecule has 0 aliphatic heterocycles. The number of aliphatic hydroxyl groups is 1. The van der Waals surface area contributed by atoms with Gasteiger partial charge in [0.2, 0.25) is 0 Å². The Kier molecular flexibility index (Phi) is 5.39. The smallest absolute Gasteiger partial charge is 0.416 e. The van der Waals surface area contributed by atoms with Crippen LogP contribution >= 0.6 is 0 Å². The number of carbonyl (C=O) groups excluding carboxylic acids is 1. The van der Waals surface area contributed by atoms with Gasteiger partial charge in [0.05, 0.1) is 12.2 Å². The molecular formula is C15H19F3O3. The molecule has 6 heteroatoms. The fraction of sp³-hybridized carbons (Fsp3) is 0.533. The van der Waals surface area contributed by atoms with Gasteiger partial charge in [0.1, 0.15) is 0 Å². The van der Waals surface area contributed by atoms with Crippen molar-refractivity contribution in [1.82, 2.24) is 0 Å². The molecule has 1 aromatic carbocycles. The van der Waals surface area contributed by atoms with E-state index in [9.17, 15) is 23.1 Å². The Morgan fingerprint density at radius 2 is 1.76 bits per heavy atom. The summed E-state index contributed by atoms with van der Waals surface area (Å²) in [5.41, 5.74) is -2.08. The summed E-state index contributed by atoms with van der Waals surface area (Å²) < 4.78 is 42.4. The zero-order valence-corrected chi connectivity index (χ0v) is 12.2. The van der Waals surface area contributed by atoms with E-state index in [0.717, 1.165) is 12.1 Å². The second-order valence-corrected chi connectivity index (χ2v) is 4.84. The van der Waals surface area contributed by atoms with Crippen LogP contribution in [0.25, 0.3) is 0 Å². The first-order valence-corrected chi connectivity index (χ1v) is 6.73. The highest BCUT2D eigenvalue weighted by atomic mass is 19.4. The molecule has 2 unspecified atom stereocenters. The van der Waals surface area contributed by atoms with Gasteiger partial charge in [-0.1, -0.05) is 26.0 Å². The Morgan fingerprint density at radius 3 is 2.14 bits per heavy atom. The molecule has 0 aromatic heterocycles. The van der Waals surface area contributed by atoms with Gasteiger partial charge in [0.15, 0.2) is 5.60 Å². The minimum atomic E-state index is -4.41. The zero-order chi connectivity index (χ0) is 16.3. The monoisotopic (exact) mass is 304 g/mol. The van der Waals surface area contributed by atoms with E-state index in [-0.39, 0.29) is 13.0 Å². The van der Waals surface area contributed by atoms with Crippen LogP contribution in [0.5, 0.6) is 0 Å². The second-order valence-electron chi connectivity index (χ2n) is 4.84. The molecule has 0 fully saturated rings. The van der Waals surface area contributed by atoms with Crippen LogP contribution in [-0.2, 0) is 15.7 Å². The van der Waals surface area contributed by atoms with Gasteiger partial charge in [-0.3, -0.25) is 0 Å². The highest BCUT2D eigenvalue weighted by Crippen LogP contribution is 2.34. The van der Waals surface area contributed by atoms with E-state index in [1.165, 1.54) is 12.1 Å². The van der Waals surface area contributed by atoms with E-state index in [0.29, 0.717) is 5.56 Å². The Morgan fingerprint density at radius 1 is 1.24 bits per heavy atom. The van der Waals surface area contributed by atoms with Crippen molar-refractivity contribution in [3.8, 4) is 0 Å². The van der Waals surface area contributed by atoms with E-state index in [1.807, 2.05) is 0 Å². The molecule has 1 N–H and O–H groups in total. The lowest BCUT2D eigenvalue weighted by Gasteiger charge is -2.31. The van der Waals surface area contributed by atoms with E-state index in [4.69, 9.17) is 4.74 Å². The molecule has 0 bridgehead atoms. The van der Waals surface area contributed by atoms with E-state index < -0.39 is 29.2 Å². The largest absolute Gasteiger partial charge is 0.464 e. The van der Waals surface area contributed by atoms with Crippen LogP contribution in [0, 0.1) is 0 Å². The Hall–Kier alpha value is -1.56. The number of rotatable bonds is 5. The van der Waals surface area contributed by atoms with Crippen molar-refractivity contribution in [3.63, 3.8) is 0 Å². The van der Waals surface area contributed by atoms with E-state index in [1.54, 1.807) is 20.8 Å². The third-order valence-electron chi connectivity index (χ3n) is 3.62. The molecule has 3 nitrogen and oxygen atoms in total. The Labute approximate surface area is 121 Å². The van der Waals surface area contributed by atoms with Gasteiger partial charge in [-0.05, 0) is 31.0 Å². The maximum absolute atomic E-state index is 12.5. The molecule has 0 saturated heterocycles. The molecule has 1 aromatic rings. The topological polar surface area (TPSA) is 46.5 Å². The average Bonchev–Trinajstić information content (AvgIpc) is 2.45. The highest BCUT2D eigenvalue weighted by Gasteiger charge is 2.42. The van der Waals surface area contributed by atoms with Crippen molar-refractivity contribution in [3.05, 3.63) is 35.4 Å². The van der Waals surface area contributed by atoms with Crippen LogP contribution < -0.4 is 0 Å². The van der Waals surface area contributed by atoms with Crippen molar-refractivity contribution >= 4 is 5.97 Å². The summed E-state index contributed by atoms with van der Waals surface area (Å²) in [5, 5.41) is 10.5. The first-order valence-electron chi connectivity index (χ1n) is 6.73. The van der Waals surface area contributed by atoms with Gasteiger partial charge in [-0.2, -0.15) is 13.2 Å². The maximum atomic E-state index is 12.5. The van der Waals surface area contributed by atoms with Crippen molar-refractivity contribution < 1.29 is 27.8 Å². The number of alkyl halides is 3. The van der Waals surface area contributed by atoms with Crippen LogP contribution in [0.15, 0.2) is 24.3 Å². The molecule has 118 valence electrons. The molecule has 2 atom stereocenters. The summed E-state index contributed by atoms with van der Waals surface area (Å²) in [7, 11) is 0. The molecular weight excluding hydrogens is 285 g/mol. The number of benzene rings is 1. The molecule has 0 aliphatic rings. The fourth-order valence-corrected chi connectivity index (χ4v) is 2.12. The fourth-order valence-electron chi connectivity index (χ4n) is 2.12. The van der Waals surface area contributed by atoms with E-state index in [2.05, 4.69) is 0 Å². The number of carbonyl (C=O) groups is 1. The summed E-state index contributed by atoms with van der Waals surface area (Å²) >= 11 is 0.